The third-order valence-electron chi connectivity index (χ3n) is 4.76. The average molecular weight is 401 g/mol. The Bertz CT molecular complexity index is 1130. The molecular formula is C19H17ClN4O4. The molecule has 1 N–H and O–H groups in total. The second-order valence-electron chi connectivity index (χ2n) is 6.56. The predicted octanol–water partition coefficient (Wildman–Crippen LogP) is 1.82. The number of hydrogen-bond acceptors (Lipinski definition) is 5. The number of nitrogens with zero attached hydrogens (tertiary/aromatic N) is 3. The van der Waals surface area contributed by atoms with E-state index >= 15 is 0 Å². The lowest BCUT2D eigenvalue weighted by molar-refractivity contribution is -0.132. The van der Waals surface area contributed by atoms with Crippen LogP contribution in [-0.4, -0.2) is 32.1 Å². The highest BCUT2D eigenvalue weighted by Gasteiger charge is 2.27. The molecule has 0 saturated carbocycles. The molecule has 1 aliphatic heterocycles. The molecule has 0 radical (unpaired) electrons. The normalized spacial score (nSPS) is 13.4. The third-order valence-corrected chi connectivity index (χ3v) is 5.02. The highest BCUT2D eigenvalue weighted by Crippen LogP contribution is 2.31. The van der Waals surface area contributed by atoms with E-state index < -0.39 is 11.2 Å². The first kappa shape index (κ1) is 18.2. The molecule has 8 nitrogen and oxygen atoms in total. The van der Waals surface area contributed by atoms with Crippen molar-refractivity contribution >= 4 is 17.5 Å². The maximum absolute atomic E-state index is 12.5. The van der Waals surface area contributed by atoms with E-state index in [0.717, 1.165) is 16.8 Å². The standard InChI is InChI=1S/C19H17ClN4O4/c20-13-3-1-12(2-4-13)18-14-5-8-24(11-15(14)22-28-18)17(26)7-10-23-9-6-16(25)21-19(23)27/h1-4,6,9H,5,7-8,10-11H2,(H,21,25,27). The molecule has 9 heteroatoms. The summed E-state index contributed by atoms with van der Waals surface area (Å²) in [5, 5.41) is 4.78. The molecule has 1 aromatic carbocycles. The molecule has 0 spiro atoms. The smallest absolute Gasteiger partial charge is 0.328 e. The van der Waals surface area contributed by atoms with Crippen LogP contribution < -0.4 is 11.2 Å². The maximum atomic E-state index is 12.5. The summed E-state index contributed by atoms with van der Waals surface area (Å²) < 4.78 is 6.83. The molecule has 0 fully saturated rings. The summed E-state index contributed by atoms with van der Waals surface area (Å²) in [6, 6.07) is 8.60. The number of aromatic amines is 1. The van der Waals surface area contributed by atoms with Crippen molar-refractivity contribution in [2.45, 2.75) is 25.9 Å². The van der Waals surface area contributed by atoms with E-state index in [9.17, 15) is 14.4 Å². The number of aryl methyl sites for hydroxylation is 1. The van der Waals surface area contributed by atoms with Gasteiger partial charge in [0.25, 0.3) is 5.56 Å². The van der Waals surface area contributed by atoms with Gasteiger partial charge in [-0.3, -0.25) is 14.6 Å². The number of carbonyl (C=O) groups is 1. The minimum absolute atomic E-state index is 0.0835. The van der Waals surface area contributed by atoms with Crippen LogP contribution in [0.15, 0.2) is 50.6 Å². The Morgan fingerprint density at radius 3 is 2.75 bits per heavy atom. The molecule has 1 aliphatic rings. The van der Waals surface area contributed by atoms with Crippen molar-refractivity contribution in [3.8, 4) is 11.3 Å². The van der Waals surface area contributed by atoms with Crippen molar-refractivity contribution in [3.63, 3.8) is 0 Å². The SMILES string of the molecule is O=C(CCn1ccc(=O)[nH]c1=O)N1CCc2c(noc2-c2ccc(Cl)cc2)C1. The molecular weight excluding hydrogens is 384 g/mol. The third kappa shape index (κ3) is 3.63. The van der Waals surface area contributed by atoms with Gasteiger partial charge in [0.05, 0.1) is 6.54 Å². The highest BCUT2D eigenvalue weighted by molar-refractivity contribution is 6.30. The van der Waals surface area contributed by atoms with Gasteiger partial charge >= 0.3 is 5.69 Å². The van der Waals surface area contributed by atoms with Gasteiger partial charge < -0.3 is 14.0 Å². The van der Waals surface area contributed by atoms with Gasteiger partial charge in [-0.1, -0.05) is 16.8 Å². The fraction of sp³-hybridized carbons (Fsp3) is 0.263. The number of hydrogen-bond donors (Lipinski definition) is 1. The van der Waals surface area contributed by atoms with Gasteiger partial charge in [0.1, 0.15) is 5.69 Å². The zero-order chi connectivity index (χ0) is 19.7. The Morgan fingerprint density at radius 1 is 1.21 bits per heavy atom. The molecule has 3 heterocycles. The van der Waals surface area contributed by atoms with Crippen molar-refractivity contribution in [1.29, 1.82) is 0 Å². The molecule has 0 atom stereocenters. The number of amides is 1. The Morgan fingerprint density at radius 2 is 2.00 bits per heavy atom. The van der Waals surface area contributed by atoms with Crippen LogP contribution in [0.2, 0.25) is 5.02 Å². The van der Waals surface area contributed by atoms with Gasteiger partial charge in [0.15, 0.2) is 5.76 Å². The monoisotopic (exact) mass is 400 g/mol. The summed E-state index contributed by atoms with van der Waals surface area (Å²) >= 11 is 5.93. The molecule has 1 amide bonds. The zero-order valence-electron chi connectivity index (χ0n) is 14.9. The van der Waals surface area contributed by atoms with Crippen LogP contribution in [0.1, 0.15) is 17.7 Å². The molecule has 0 bridgehead atoms. The van der Waals surface area contributed by atoms with Gasteiger partial charge in [-0.05, 0) is 30.7 Å². The number of fused-ring (bicyclic) bond motifs is 1. The summed E-state index contributed by atoms with van der Waals surface area (Å²) in [5.74, 6) is 0.623. The second-order valence-corrected chi connectivity index (χ2v) is 7.00. The van der Waals surface area contributed by atoms with Crippen LogP contribution in [0.5, 0.6) is 0 Å². The molecule has 0 unspecified atom stereocenters. The minimum atomic E-state index is -0.523. The van der Waals surface area contributed by atoms with E-state index in [1.54, 1.807) is 17.0 Å². The first-order chi connectivity index (χ1) is 13.5. The number of halogens is 1. The number of nitrogens with one attached hydrogen (secondary N) is 1. The van der Waals surface area contributed by atoms with Gasteiger partial charge in [-0.2, -0.15) is 0 Å². The van der Waals surface area contributed by atoms with Crippen LogP contribution in [0, 0.1) is 0 Å². The zero-order valence-corrected chi connectivity index (χ0v) is 15.6. The quantitative estimate of drug-likeness (QED) is 0.719. The van der Waals surface area contributed by atoms with Crippen molar-refractivity contribution in [2.75, 3.05) is 6.54 Å². The number of benzene rings is 1. The molecule has 3 aromatic rings. The Hall–Kier alpha value is -3.13. The Labute approximate surface area is 164 Å². The van der Waals surface area contributed by atoms with Gasteiger partial charge in [0.2, 0.25) is 5.91 Å². The van der Waals surface area contributed by atoms with Crippen molar-refractivity contribution in [3.05, 3.63) is 73.6 Å². The molecule has 144 valence electrons. The molecule has 0 aliphatic carbocycles. The van der Waals surface area contributed by atoms with Crippen LogP contribution in [0.3, 0.4) is 0 Å². The summed E-state index contributed by atoms with van der Waals surface area (Å²) in [4.78, 5) is 39.2. The van der Waals surface area contributed by atoms with Crippen molar-refractivity contribution in [2.24, 2.45) is 0 Å². The predicted molar refractivity (Wildman–Crippen MR) is 102 cm³/mol. The molecule has 28 heavy (non-hydrogen) atoms. The van der Waals surface area contributed by atoms with Crippen LogP contribution in [-0.2, 0) is 24.3 Å². The largest absolute Gasteiger partial charge is 0.356 e. The Balaban J connectivity index is 1.44. The van der Waals surface area contributed by atoms with Crippen LogP contribution >= 0.6 is 11.6 Å². The van der Waals surface area contributed by atoms with E-state index in [0.29, 0.717) is 30.3 Å². The fourth-order valence-corrected chi connectivity index (χ4v) is 3.39. The summed E-state index contributed by atoms with van der Waals surface area (Å²) in [7, 11) is 0. The van der Waals surface area contributed by atoms with Crippen molar-refractivity contribution in [1.82, 2.24) is 19.6 Å². The van der Waals surface area contributed by atoms with E-state index in [-0.39, 0.29) is 18.9 Å². The second kappa shape index (κ2) is 7.47. The summed E-state index contributed by atoms with van der Waals surface area (Å²) in [6.45, 7) is 1.12. The number of H-pyrrole nitrogens is 1. The molecule has 2 aromatic heterocycles. The van der Waals surface area contributed by atoms with Gasteiger partial charge in [0, 0.05) is 47.9 Å². The van der Waals surface area contributed by atoms with E-state index in [1.165, 1.54) is 16.8 Å². The number of aromatic nitrogens is 3. The first-order valence-electron chi connectivity index (χ1n) is 8.82. The molecule has 4 rings (SSSR count). The average Bonchev–Trinajstić information content (AvgIpc) is 3.11. The Kier molecular flexibility index (Phi) is 4.87. The van der Waals surface area contributed by atoms with Gasteiger partial charge in [-0.15, -0.1) is 0 Å². The minimum Gasteiger partial charge on any atom is -0.356 e. The van der Waals surface area contributed by atoms with Gasteiger partial charge in [-0.25, -0.2) is 4.79 Å². The topological polar surface area (TPSA) is 101 Å². The van der Waals surface area contributed by atoms with E-state index in [4.69, 9.17) is 16.1 Å². The first-order valence-corrected chi connectivity index (χ1v) is 9.20. The molecule has 0 saturated heterocycles. The summed E-state index contributed by atoms with van der Waals surface area (Å²) in [5.41, 5.74) is 1.66. The lowest BCUT2D eigenvalue weighted by Gasteiger charge is -2.26. The highest BCUT2D eigenvalue weighted by atomic mass is 35.5. The van der Waals surface area contributed by atoms with Crippen LogP contribution in [0.25, 0.3) is 11.3 Å². The number of carbonyl (C=O) groups excluding carboxylic acids is 1. The van der Waals surface area contributed by atoms with E-state index in [2.05, 4.69) is 10.1 Å². The number of rotatable bonds is 4. The van der Waals surface area contributed by atoms with E-state index in [1.807, 2.05) is 12.1 Å². The lowest BCUT2D eigenvalue weighted by Crippen LogP contribution is -2.37. The summed E-state index contributed by atoms with van der Waals surface area (Å²) in [6.07, 6.45) is 2.18. The fourth-order valence-electron chi connectivity index (χ4n) is 3.27. The lowest BCUT2D eigenvalue weighted by atomic mass is 10.0. The maximum Gasteiger partial charge on any atom is 0.328 e. The van der Waals surface area contributed by atoms with Crippen LogP contribution in [0.4, 0.5) is 0 Å². The van der Waals surface area contributed by atoms with Crippen molar-refractivity contribution < 1.29 is 9.32 Å².